The van der Waals surface area contributed by atoms with E-state index in [-0.39, 0.29) is 17.0 Å². The van der Waals surface area contributed by atoms with Crippen LogP contribution in [0.2, 0.25) is 0 Å². The molecule has 0 aromatic rings. The van der Waals surface area contributed by atoms with E-state index in [1.54, 1.807) is 6.92 Å². The summed E-state index contributed by atoms with van der Waals surface area (Å²) in [5, 5.41) is 4.84. The van der Waals surface area contributed by atoms with Gasteiger partial charge in [-0.05, 0) is 5.41 Å². The minimum atomic E-state index is -3.42. The van der Waals surface area contributed by atoms with E-state index in [0.29, 0.717) is 12.8 Å². The molecule has 1 rings (SSSR count). The van der Waals surface area contributed by atoms with E-state index in [9.17, 15) is 13.2 Å². The predicted octanol–water partition coefficient (Wildman–Crippen LogP) is -0.356. The number of Topliss-reactive ketones (excluding diaryl/α,β-unsaturated/α-hetero) is 1. The van der Waals surface area contributed by atoms with E-state index in [1.807, 2.05) is 0 Å². The molecule has 0 aliphatic heterocycles. The molecule has 64 valence electrons. The largest absolute Gasteiger partial charge is 0.300 e. The summed E-state index contributed by atoms with van der Waals surface area (Å²) in [5.41, 5.74) is -0.384. The van der Waals surface area contributed by atoms with Gasteiger partial charge in [0.25, 0.3) is 0 Å². The van der Waals surface area contributed by atoms with Gasteiger partial charge in [0.1, 0.15) is 5.78 Å². The molecular weight excluding hydrogens is 166 g/mol. The first kappa shape index (κ1) is 8.67. The Labute approximate surface area is 65.8 Å². The van der Waals surface area contributed by atoms with Gasteiger partial charge >= 0.3 is 0 Å². The van der Waals surface area contributed by atoms with Gasteiger partial charge in [-0.25, -0.2) is 13.6 Å². The van der Waals surface area contributed by atoms with E-state index < -0.39 is 10.0 Å². The molecule has 5 heteroatoms. The van der Waals surface area contributed by atoms with Gasteiger partial charge in [0.05, 0.1) is 5.75 Å². The molecule has 0 saturated heterocycles. The summed E-state index contributed by atoms with van der Waals surface area (Å²) in [5.74, 6) is 0.0438. The normalized spacial score (nSPS) is 22.9. The summed E-state index contributed by atoms with van der Waals surface area (Å²) in [6.45, 7) is 1.76. The maximum absolute atomic E-state index is 10.6. The Hall–Kier alpha value is -0.420. The first-order chi connectivity index (χ1) is 4.81. The van der Waals surface area contributed by atoms with Crippen molar-refractivity contribution in [3.05, 3.63) is 0 Å². The number of primary sulfonamides is 1. The summed E-state index contributed by atoms with van der Waals surface area (Å²) in [4.78, 5) is 10.6. The minimum absolute atomic E-state index is 0.0776. The third kappa shape index (κ3) is 2.27. The zero-order valence-corrected chi connectivity index (χ0v) is 7.15. The summed E-state index contributed by atoms with van der Waals surface area (Å²) in [6.07, 6.45) is 0.701. The van der Waals surface area contributed by atoms with Crippen LogP contribution in [0.5, 0.6) is 0 Å². The molecule has 0 atom stereocenters. The van der Waals surface area contributed by atoms with Crippen molar-refractivity contribution in [3.8, 4) is 0 Å². The number of carbonyl (C=O) groups excluding carboxylic acids is 1. The average Bonchev–Trinajstić information content (AvgIpc) is 1.53. The maximum Gasteiger partial charge on any atom is 0.209 e. The molecule has 1 aliphatic carbocycles. The third-order valence-corrected chi connectivity index (χ3v) is 2.90. The highest BCUT2D eigenvalue weighted by Gasteiger charge is 2.41. The molecule has 0 radical (unpaired) electrons. The van der Waals surface area contributed by atoms with Crippen LogP contribution in [-0.4, -0.2) is 20.0 Å². The fraction of sp³-hybridized carbons (Fsp3) is 0.833. The predicted molar refractivity (Wildman–Crippen MR) is 40.3 cm³/mol. The first-order valence-electron chi connectivity index (χ1n) is 3.33. The Morgan fingerprint density at radius 1 is 1.55 bits per heavy atom. The van der Waals surface area contributed by atoms with Crippen LogP contribution in [0, 0.1) is 5.41 Å². The molecule has 1 aliphatic rings. The third-order valence-electron chi connectivity index (χ3n) is 1.80. The van der Waals surface area contributed by atoms with Gasteiger partial charge in [-0.15, -0.1) is 0 Å². The first-order valence-corrected chi connectivity index (χ1v) is 5.05. The number of nitrogens with two attached hydrogens (primary N) is 1. The SMILES string of the molecule is CC1(CS(N)(=O)=O)CC(=O)C1. The quantitative estimate of drug-likeness (QED) is 0.626. The van der Waals surface area contributed by atoms with Crippen LogP contribution >= 0.6 is 0 Å². The molecule has 0 amide bonds. The number of hydrogen-bond donors (Lipinski definition) is 1. The Bertz CT molecular complexity index is 272. The van der Waals surface area contributed by atoms with Crippen LogP contribution in [0.25, 0.3) is 0 Å². The zero-order valence-electron chi connectivity index (χ0n) is 6.33. The standard InChI is InChI=1S/C6H11NO3S/c1-6(2-5(8)3-6)4-11(7,9)10/h2-4H2,1H3,(H2,7,9,10). The maximum atomic E-state index is 10.6. The number of carbonyl (C=O) groups is 1. The number of ketones is 1. The van der Waals surface area contributed by atoms with Gasteiger partial charge < -0.3 is 0 Å². The van der Waals surface area contributed by atoms with Crippen molar-refractivity contribution in [3.63, 3.8) is 0 Å². The van der Waals surface area contributed by atoms with Gasteiger partial charge in [0.15, 0.2) is 0 Å². The Balaban J connectivity index is 2.58. The van der Waals surface area contributed by atoms with Gasteiger partial charge in [-0.3, -0.25) is 4.79 Å². The fourth-order valence-corrected chi connectivity index (χ4v) is 2.66. The Morgan fingerprint density at radius 3 is 2.27 bits per heavy atom. The van der Waals surface area contributed by atoms with E-state index >= 15 is 0 Å². The number of sulfonamides is 1. The van der Waals surface area contributed by atoms with Crippen molar-refractivity contribution in [2.45, 2.75) is 19.8 Å². The fourth-order valence-electron chi connectivity index (χ4n) is 1.49. The van der Waals surface area contributed by atoms with E-state index in [4.69, 9.17) is 5.14 Å². The van der Waals surface area contributed by atoms with E-state index in [1.165, 1.54) is 0 Å². The summed E-state index contributed by atoms with van der Waals surface area (Å²) < 4.78 is 21.2. The van der Waals surface area contributed by atoms with Crippen molar-refractivity contribution in [1.29, 1.82) is 0 Å². The number of hydrogen-bond acceptors (Lipinski definition) is 3. The summed E-state index contributed by atoms with van der Waals surface area (Å²) in [6, 6.07) is 0. The highest BCUT2D eigenvalue weighted by molar-refractivity contribution is 7.89. The van der Waals surface area contributed by atoms with Crippen molar-refractivity contribution in [1.82, 2.24) is 0 Å². The number of rotatable bonds is 2. The van der Waals surface area contributed by atoms with Gasteiger partial charge in [-0.1, -0.05) is 6.92 Å². The second-order valence-corrected chi connectivity index (χ2v) is 5.12. The lowest BCUT2D eigenvalue weighted by Crippen LogP contribution is -2.42. The molecule has 1 saturated carbocycles. The molecule has 2 N–H and O–H groups in total. The summed E-state index contributed by atoms with van der Waals surface area (Å²) in [7, 11) is -3.42. The highest BCUT2D eigenvalue weighted by Crippen LogP contribution is 2.37. The van der Waals surface area contributed by atoms with Crippen LogP contribution < -0.4 is 5.14 Å². The molecule has 0 aromatic heterocycles. The molecule has 0 unspecified atom stereocenters. The topological polar surface area (TPSA) is 77.2 Å². The molecular formula is C6H11NO3S. The molecule has 0 heterocycles. The van der Waals surface area contributed by atoms with Crippen LogP contribution in [0.3, 0.4) is 0 Å². The molecule has 0 bridgehead atoms. The molecule has 11 heavy (non-hydrogen) atoms. The van der Waals surface area contributed by atoms with Crippen LogP contribution in [0.15, 0.2) is 0 Å². The smallest absolute Gasteiger partial charge is 0.209 e. The van der Waals surface area contributed by atoms with Gasteiger partial charge in [0.2, 0.25) is 10.0 Å². The summed E-state index contributed by atoms with van der Waals surface area (Å²) >= 11 is 0. The Morgan fingerprint density at radius 2 is 2.00 bits per heavy atom. The average molecular weight is 177 g/mol. The second-order valence-electron chi connectivity index (χ2n) is 3.51. The van der Waals surface area contributed by atoms with E-state index in [0.717, 1.165) is 0 Å². The van der Waals surface area contributed by atoms with Crippen molar-refractivity contribution in [2.75, 3.05) is 5.75 Å². The van der Waals surface area contributed by atoms with E-state index in [2.05, 4.69) is 0 Å². The Kier molecular flexibility index (Phi) is 1.80. The van der Waals surface area contributed by atoms with Crippen LogP contribution in [0.4, 0.5) is 0 Å². The van der Waals surface area contributed by atoms with Gasteiger partial charge in [0, 0.05) is 12.8 Å². The highest BCUT2D eigenvalue weighted by atomic mass is 32.2. The van der Waals surface area contributed by atoms with Crippen LogP contribution in [-0.2, 0) is 14.8 Å². The lowest BCUT2D eigenvalue weighted by Gasteiger charge is -2.35. The lowest BCUT2D eigenvalue weighted by molar-refractivity contribution is -0.130. The monoisotopic (exact) mass is 177 g/mol. The van der Waals surface area contributed by atoms with Crippen LogP contribution in [0.1, 0.15) is 19.8 Å². The second kappa shape index (κ2) is 2.28. The van der Waals surface area contributed by atoms with Crippen molar-refractivity contribution >= 4 is 15.8 Å². The molecule has 0 spiro atoms. The lowest BCUT2D eigenvalue weighted by atomic mass is 9.71. The zero-order chi connectivity index (χ0) is 8.70. The van der Waals surface area contributed by atoms with Gasteiger partial charge in [-0.2, -0.15) is 0 Å². The minimum Gasteiger partial charge on any atom is -0.300 e. The molecule has 4 nitrogen and oxygen atoms in total. The molecule has 0 aromatic carbocycles. The van der Waals surface area contributed by atoms with Crippen molar-refractivity contribution in [2.24, 2.45) is 10.6 Å². The van der Waals surface area contributed by atoms with Crippen molar-refractivity contribution < 1.29 is 13.2 Å². The molecule has 1 fully saturated rings.